The zero-order chi connectivity index (χ0) is 14.2. The van der Waals surface area contributed by atoms with Crippen LogP contribution in [0.5, 0.6) is 5.75 Å². The first-order valence-corrected chi connectivity index (χ1v) is 8.03. The number of hydrogen-bond acceptors (Lipinski definition) is 3. The lowest BCUT2D eigenvalue weighted by atomic mass is 10.0. The molecule has 0 bridgehead atoms. The van der Waals surface area contributed by atoms with Crippen molar-refractivity contribution < 1.29 is 4.74 Å². The third-order valence-electron chi connectivity index (χ3n) is 4.12. The largest absolute Gasteiger partial charge is 0.494 e. The Labute approximate surface area is 122 Å². The van der Waals surface area contributed by atoms with Crippen molar-refractivity contribution in [3.8, 4) is 5.75 Å². The molecule has 1 unspecified atom stereocenters. The van der Waals surface area contributed by atoms with Gasteiger partial charge in [-0.2, -0.15) is 0 Å². The molecule has 1 fully saturated rings. The Morgan fingerprint density at radius 2 is 1.90 bits per heavy atom. The molecule has 0 aromatic heterocycles. The van der Waals surface area contributed by atoms with E-state index in [-0.39, 0.29) is 6.04 Å². The van der Waals surface area contributed by atoms with Crippen LogP contribution in [-0.2, 0) is 0 Å². The highest BCUT2D eigenvalue weighted by Gasteiger charge is 2.19. The highest BCUT2D eigenvalue weighted by molar-refractivity contribution is 5.36. The molecule has 1 saturated carbocycles. The quantitative estimate of drug-likeness (QED) is 0.783. The van der Waals surface area contributed by atoms with E-state index in [1.807, 2.05) is 19.1 Å². The molecule has 0 saturated heterocycles. The zero-order valence-electron chi connectivity index (χ0n) is 12.6. The van der Waals surface area contributed by atoms with Gasteiger partial charge in [-0.1, -0.05) is 43.9 Å². The van der Waals surface area contributed by atoms with E-state index >= 15 is 0 Å². The molecule has 20 heavy (non-hydrogen) atoms. The van der Waals surface area contributed by atoms with Crippen molar-refractivity contribution in [1.29, 1.82) is 0 Å². The van der Waals surface area contributed by atoms with Crippen molar-refractivity contribution in [2.75, 3.05) is 13.2 Å². The summed E-state index contributed by atoms with van der Waals surface area (Å²) >= 11 is 0. The van der Waals surface area contributed by atoms with E-state index in [2.05, 4.69) is 17.4 Å². The summed E-state index contributed by atoms with van der Waals surface area (Å²) in [7, 11) is 0. The second-order valence-corrected chi connectivity index (χ2v) is 5.61. The smallest absolute Gasteiger partial charge is 0.124 e. The molecule has 3 N–H and O–H groups in total. The molecule has 0 spiro atoms. The summed E-state index contributed by atoms with van der Waals surface area (Å²) in [5, 5.41) is 3.76. The molecule has 3 heteroatoms. The fraction of sp³-hybridized carbons (Fsp3) is 0.647. The van der Waals surface area contributed by atoms with Crippen LogP contribution in [-0.4, -0.2) is 19.2 Å². The average molecular weight is 276 g/mol. The Balaban J connectivity index is 2.06. The van der Waals surface area contributed by atoms with E-state index in [1.54, 1.807) is 0 Å². The maximum Gasteiger partial charge on any atom is 0.124 e. The summed E-state index contributed by atoms with van der Waals surface area (Å²) in [5.74, 6) is 0.964. The topological polar surface area (TPSA) is 47.3 Å². The molecule has 3 nitrogen and oxygen atoms in total. The van der Waals surface area contributed by atoms with Crippen molar-refractivity contribution in [3.63, 3.8) is 0 Å². The second-order valence-electron chi connectivity index (χ2n) is 5.61. The van der Waals surface area contributed by atoms with Crippen LogP contribution >= 0.6 is 0 Å². The number of hydrogen-bond donors (Lipinski definition) is 2. The number of ether oxygens (including phenoxy) is 1. The minimum Gasteiger partial charge on any atom is -0.494 e. The monoisotopic (exact) mass is 276 g/mol. The molecule has 1 aromatic carbocycles. The van der Waals surface area contributed by atoms with Crippen LogP contribution in [0.4, 0.5) is 0 Å². The van der Waals surface area contributed by atoms with E-state index in [1.165, 1.54) is 44.1 Å². The minimum atomic E-state index is 0.195. The maximum atomic E-state index is 6.01. The van der Waals surface area contributed by atoms with Crippen molar-refractivity contribution >= 4 is 0 Å². The first kappa shape index (κ1) is 15.3. The third kappa shape index (κ3) is 4.22. The Bertz CT molecular complexity index is 386. The van der Waals surface area contributed by atoms with Gasteiger partial charge in [-0.25, -0.2) is 0 Å². The van der Waals surface area contributed by atoms with Crippen LogP contribution in [0.1, 0.15) is 57.1 Å². The van der Waals surface area contributed by atoms with Gasteiger partial charge in [0, 0.05) is 24.2 Å². The molecular formula is C17H28N2O. The van der Waals surface area contributed by atoms with Gasteiger partial charge in [0.05, 0.1) is 6.61 Å². The maximum absolute atomic E-state index is 6.01. The average Bonchev–Trinajstić information content (AvgIpc) is 2.74. The van der Waals surface area contributed by atoms with E-state index in [4.69, 9.17) is 10.5 Å². The molecule has 1 aliphatic rings. The number of para-hydroxylation sites is 1. The lowest BCUT2D eigenvalue weighted by molar-refractivity contribution is 0.326. The number of benzene rings is 1. The van der Waals surface area contributed by atoms with Gasteiger partial charge in [-0.3, -0.25) is 0 Å². The lowest BCUT2D eigenvalue weighted by Gasteiger charge is -2.25. The van der Waals surface area contributed by atoms with Gasteiger partial charge in [-0.05, 0) is 25.8 Å². The number of rotatable bonds is 6. The van der Waals surface area contributed by atoms with Crippen molar-refractivity contribution in [2.45, 2.75) is 57.5 Å². The highest BCUT2D eigenvalue weighted by Crippen LogP contribution is 2.27. The van der Waals surface area contributed by atoms with E-state index < -0.39 is 0 Å². The first-order chi connectivity index (χ1) is 9.85. The molecule has 0 radical (unpaired) electrons. The summed E-state index contributed by atoms with van der Waals surface area (Å²) in [5.41, 5.74) is 7.20. The zero-order valence-corrected chi connectivity index (χ0v) is 12.6. The van der Waals surface area contributed by atoms with Crippen molar-refractivity contribution in [1.82, 2.24) is 5.32 Å². The summed E-state index contributed by atoms with van der Waals surface area (Å²) < 4.78 is 5.74. The lowest BCUT2D eigenvalue weighted by Crippen LogP contribution is -2.36. The van der Waals surface area contributed by atoms with Crippen molar-refractivity contribution in [2.24, 2.45) is 5.73 Å². The van der Waals surface area contributed by atoms with E-state index in [9.17, 15) is 0 Å². The highest BCUT2D eigenvalue weighted by atomic mass is 16.5. The number of nitrogens with one attached hydrogen (secondary N) is 1. The standard InChI is InChI=1S/C17H28N2O/c1-2-20-17-12-8-7-11-15(17)16(13-18)19-14-9-5-3-4-6-10-14/h7-8,11-12,14,16,19H,2-6,9-10,13,18H2,1H3. The Morgan fingerprint density at radius 1 is 1.20 bits per heavy atom. The van der Waals surface area contributed by atoms with Gasteiger partial charge in [0.15, 0.2) is 0 Å². The number of nitrogens with two attached hydrogens (primary N) is 1. The predicted molar refractivity (Wildman–Crippen MR) is 84.0 cm³/mol. The molecule has 0 heterocycles. The molecule has 1 aromatic rings. The molecular weight excluding hydrogens is 248 g/mol. The molecule has 1 aliphatic carbocycles. The molecule has 0 amide bonds. The third-order valence-corrected chi connectivity index (χ3v) is 4.12. The molecule has 1 atom stereocenters. The van der Waals surface area contributed by atoms with E-state index in [0.29, 0.717) is 19.2 Å². The van der Waals surface area contributed by atoms with Crippen LogP contribution < -0.4 is 15.8 Å². The fourth-order valence-electron chi connectivity index (χ4n) is 3.07. The summed E-state index contributed by atoms with van der Waals surface area (Å²) in [4.78, 5) is 0. The van der Waals surface area contributed by atoms with Crippen LogP contribution in [0, 0.1) is 0 Å². The SMILES string of the molecule is CCOc1ccccc1C(CN)NC1CCCCCC1. The summed E-state index contributed by atoms with van der Waals surface area (Å²) in [6.45, 7) is 3.32. The Kier molecular flexibility index (Phi) is 6.34. The van der Waals surface area contributed by atoms with Gasteiger partial charge in [-0.15, -0.1) is 0 Å². The normalized spacial score (nSPS) is 18.5. The second kappa shape index (κ2) is 8.28. The van der Waals surface area contributed by atoms with Crippen LogP contribution in [0.2, 0.25) is 0 Å². The summed E-state index contributed by atoms with van der Waals surface area (Å²) in [6.07, 6.45) is 7.97. The van der Waals surface area contributed by atoms with Gasteiger partial charge in [0.1, 0.15) is 5.75 Å². The van der Waals surface area contributed by atoms with Gasteiger partial charge in [0.2, 0.25) is 0 Å². The first-order valence-electron chi connectivity index (χ1n) is 8.03. The van der Waals surface area contributed by atoms with Crippen LogP contribution in [0.3, 0.4) is 0 Å². The van der Waals surface area contributed by atoms with Crippen molar-refractivity contribution in [3.05, 3.63) is 29.8 Å². The van der Waals surface area contributed by atoms with Gasteiger partial charge >= 0.3 is 0 Å². The molecule has 0 aliphatic heterocycles. The Hall–Kier alpha value is -1.06. The predicted octanol–water partition coefficient (Wildman–Crippen LogP) is 3.40. The molecule has 2 rings (SSSR count). The van der Waals surface area contributed by atoms with Gasteiger partial charge < -0.3 is 15.8 Å². The Morgan fingerprint density at radius 3 is 2.55 bits per heavy atom. The van der Waals surface area contributed by atoms with Crippen LogP contribution in [0.25, 0.3) is 0 Å². The minimum absolute atomic E-state index is 0.195. The summed E-state index contributed by atoms with van der Waals surface area (Å²) in [6, 6.07) is 9.05. The van der Waals surface area contributed by atoms with Crippen LogP contribution in [0.15, 0.2) is 24.3 Å². The molecule has 112 valence electrons. The van der Waals surface area contributed by atoms with E-state index in [0.717, 1.165) is 5.75 Å². The van der Waals surface area contributed by atoms with Gasteiger partial charge in [0.25, 0.3) is 0 Å². The fourth-order valence-corrected chi connectivity index (χ4v) is 3.07.